The number of carbonyl (C=O) groups is 1. The van der Waals surface area contributed by atoms with E-state index in [4.69, 9.17) is 0 Å². The summed E-state index contributed by atoms with van der Waals surface area (Å²) < 4.78 is 0. The Morgan fingerprint density at radius 3 is 2.30 bits per heavy atom. The summed E-state index contributed by atoms with van der Waals surface area (Å²) in [4.78, 5) is 10.8. The molecule has 0 aliphatic carbocycles. The predicted octanol–water partition coefficient (Wildman–Crippen LogP) is 2.60. The minimum atomic E-state index is -0.507. The fourth-order valence-corrected chi connectivity index (χ4v) is 2.04. The minimum absolute atomic E-state index is 0.0433. The fraction of sp³-hybridized carbons (Fsp3) is 0.235. The third kappa shape index (κ3) is 4.21. The van der Waals surface area contributed by atoms with Gasteiger partial charge < -0.3 is 10.4 Å². The van der Waals surface area contributed by atoms with Crippen LogP contribution in [0, 0.1) is 0 Å². The van der Waals surface area contributed by atoms with Gasteiger partial charge in [-0.2, -0.15) is 0 Å². The van der Waals surface area contributed by atoms with E-state index in [2.05, 4.69) is 5.32 Å². The van der Waals surface area contributed by atoms with Crippen LogP contribution in [0.25, 0.3) is 0 Å². The molecule has 3 heteroatoms. The van der Waals surface area contributed by atoms with Gasteiger partial charge in [-0.15, -0.1) is 0 Å². The lowest BCUT2D eigenvalue weighted by Gasteiger charge is -2.12. The first-order valence-electron chi connectivity index (χ1n) is 6.70. The van der Waals surface area contributed by atoms with Crippen LogP contribution in [0.15, 0.2) is 54.6 Å². The number of rotatable bonds is 5. The highest BCUT2D eigenvalue weighted by Crippen LogP contribution is 2.18. The first-order chi connectivity index (χ1) is 9.65. The quantitative estimate of drug-likeness (QED) is 0.876. The van der Waals surface area contributed by atoms with Crippen molar-refractivity contribution in [3.63, 3.8) is 0 Å². The Bertz CT molecular complexity index is 549. The van der Waals surface area contributed by atoms with Crippen LogP contribution >= 0.6 is 0 Å². The van der Waals surface area contributed by atoms with Gasteiger partial charge in [-0.3, -0.25) is 4.79 Å². The number of aliphatic hydroxyl groups excluding tert-OH is 1. The summed E-state index contributed by atoms with van der Waals surface area (Å²) in [5, 5.41) is 13.0. The van der Waals surface area contributed by atoms with Gasteiger partial charge in [-0.1, -0.05) is 54.6 Å². The highest BCUT2D eigenvalue weighted by Gasteiger charge is 2.08. The summed E-state index contributed by atoms with van der Waals surface area (Å²) in [7, 11) is 0. The topological polar surface area (TPSA) is 49.3 Å². The van der Waals surface area contributed by atoms with E-state index in [1.807, 2.05) is 54.6 Å². The van der Waals surface area contributed by atoms with Crippen molar-refractivity contribution in [2.75, 3.05) is 0 Å². The van der Waals surface area contributed by atoms with Crippen molar-refractivity contribution in [3.8, 4) is 0 Å². The van der Waals surface area contributed by atoms with Crippen LogP contribution in [0.3, 0.4) is 0 Å². The second kappa shape index (κ2) is 6.87. The Morgan fingerprint density at radius 1 is 1.05 bits per heavy atom. The average Bonchev–Trinajstić information content (AvgIpc) is 2.46. The number of hydrogen-bond donors (Lipinski definition) is 2. The lowest BCUT2D eigenvalue weighted by atomic mass is 10.0. The van der Waals surface area contributed by atoms with E-state index in [-0.39, 0.29) is 5.91 Å². The van der Waals surface area contributed by atoms with Crippen molar-refractivity contribution < 1.29 is 9.90 Å². The van der Waals surface area contributed by atoms with Crippen LogP contribution in [-0.4, -0.2) is 11.0 Å². The van der Waals surface area contributed by atoms with Crippen molar-refractivity contribution >= 4 is 5.91 Å². The van der Waals surface area contributed by atoms with E-state index in [1.54, 1.807) is 0 Å². The molecule has 0 radical (unpaired) electrons. The molecule has 2 N–H and O–H groups in total. The Balaban J connectivity index is 1.97. The fourth-order valence-electron chi connectivity index (χ4n) is 2.04. The number of carbonyl (C=O) groups excluding carboxylic acids is 1. The molecule has 0 spiro atoms. The van der Waals surface area contributed by atoms with E-state index in [0.29, 0.717) is 13.0 Å². The van der Waals surface area contributed by atoms with Gasteiger partial charge in [0.05, 0.1) is 6.10 Å². The number of benzene rings is 2. The van der Waals surface area contributed by atoms with Gasteiger partial charge in [0.25, 0.3) is 0 Å². The minimum Gasteiger partial charge on any atom is -0.388 e. The van der Waals surface area contributed by atoms with Gasteiger partial charge in [0.15, 0.2) is 0 Å². The molecule has 2 aromatic rings. The average molecular weight is 269 g/mol. The molecule has 3 nitrogen and oxygen atoms in total. The van der Waals surface area contributed by atoms with Crippen LogP contribution < -0.4 is 5.32 Å². The third-order valence-corrected chi connectivity index (χ3v) is 3.18. The van der Waals surface area contributed by atoms with Crippen molar-refractivity contribution in [1.29, 1.82) is 0 Å². The van der Waals surface area contributed by atoms with Crippen LogP contribution in [0.5, 0.6) is 0 Å². The van der Waals surface area contributed by atoms with Crippen LogP contribution in [0.2, 0.25) is 0 Å². The third-order valence-electron chi connectivity index (χ3n) is 3.18. The zero-order valence-corrected chi connectivity index (χ0v) is 11.5. The van der Waals surface area contributed by atoms with E-state index < -0.39 is 6.10 Å². The van der Waals surface area contributed by atoms with E-state index in [0.717, 1.165) is 16.7 Å². The molecule has 0 heterocycles. The number of aliphatic hydroxyl groups is 1. The maximum atomic E-state index is 10.8. The van der Waals surface area contributed by atoms with Crippen molar-refractivity contribution in [2.45, 2.75) is 26.0 Å². The van der Waals surface area contributed by atoms with Gasteiger partial charge in [-0.05, 0) is 16.7 Å². The standard InChI is InChI=1S/C17H19NO2/c1-13(19)18-12-15-7-9-16(10-8-15)17(20)11-14-5-3-2-4-6-14/h2-10,17,20H,11-12H2,1H3,(H,18,19). The molecule has 2 aromatic carbocycles. The first kappa shape index (κ1) is 14.3. The summed E-state index contributed by atoms with van der Waals surface area (Å²) in [5.74, 6) is -0.0433. The zero-order chi connectivity index (χ0) is 14.4. The van der Waals surface area contributed by atoms with E-state index in [9.17, 15) is 9.90 Å². The molecular formula is C17H19NO2. The number of amides is 1. The molecule has 1 atom stereocenters. The molecule has 0 bridgehead atoms. The number of nitrogens with one attached hydrogen (secondary N) is 1. The summed E-state index contributed by atoms with van der Waals surface area (Å²) >= 11 is 0. The van der Waals surface area contributed by atoms with Crippen molar-refractivity contribution in [1.82, 2.24) is 5.32 Å². The highest BCUT2D eigenvalue weighted by atomic mass is 16.3. The lowest BCUT2D eigenvalue weighted by molar-refractivity contribution is -0.119. The molecular weight excluding hydrogens is 250 g/mol. The summed E-state index contributed by atoms with van der Waals surface area (Å²) in [5.41, 5.74) is 3.03. The molecule has 0 aliphatic rings. The molecule has 104 valence electrons. The van der Waals surface area contributed by atoms with Gasteiger partial charge in [0.2, 0.25) is 5.91 Å². The molecule has 1 amide bonds. The second-order valence-electron chi connectivity index (χ2n) is 4.86. The summed E-state index contributed by atoms with van der Waals surface area (Å²) in [6.07, 6.45) is 0.0959. The zero-order valence-electron chi connectivity index (χ0n) is 11.5. The predicted molar refractivity (Wildman–Crippen MR) is 79.1 cm³/mol. The van der Waals surface area contributed by atoms with Crippen molar-refractivity contribution in [3.05, 3.63) is 71.3 Å². The largest absolute Gasteiger partial charge is 0.388 e. The van der Waals surface area contributed by atoms with Gasteiger partial charge in [-0.25, -0.2) is 0 Å². The molecule has 0 aliphatic heterocycles. The normalized spacial score (nSPS) is 11.9. The molecule has 0 saturated carbocycles. The maximum absolute atomic E-state index is 10.8. The van der Waals surface area contributed by atoms with Gasteiger partial charge in [0, 0.05) is 19.9 Å². The highest BCUT2D eigenvalue weighted by molar-refractivity contribution is 5.72. The molecule has 0 saturated heterocycles. The molecule has 0 fully saturated rings. The van der Waals surface area contributed by atoms with Gasteiger partial charge >= 0.3 is 0 Å². The summed E-state index contributed by atoms with van der Waals surface area (Å²) in [6, 6.07) is 17.6. The number of hydrogen-bond acceptors (Lipinski definition) is 2. The van der Waals surface area contributed by atoms with Crippen molar-refractivity contribution in [2.24, 2.45) is 0 Å². The van der Waals surface area contributed by atoms with E-state index in [1.165, 1.54) is 6.92 Å². The Morgan fingerprint density at radius 2 is 1.70 bits per heavy atom. The summed E-state index contributed by atoms with van der Waals surface area (Å²) in [6.45, 7) is 2.02. The smallest absolute Gasteiger partial charge is 0.217 e. The van der Waals surface area contributed by atoms with Crippen LogP contribution in [0.1, 0.15) is 29.7 Å². The monoisotopic (exact) mass is 269 g/mol. The van der Waals surface area contributed by atoms with Gasteiger partial charge in [0.1, 0.15) is 0 Å². The molecule has 1 unspecified atom stereocenters. The Kier molecular flexibility index (Phi) is 4.91. The first-order valence-corrected chi connectivity index (χ1v) is 6.70. The van der Waals surface area contributed by atoms with Crippen LogP contribution in [-0.2, 0) is 17.8 Å². The molecule has 0 aromatic heterocycles. The Hall–Kier alpha value is -2.13. The Labute approximate surface area is 119 Å². The SMILES string of the molecule is CC(=O)NCc1ccc(C(O)Cc2ccccc2)cc1. The maximum Gasteiger partial charge on any atom is 0.217 e. The molecule has 20 heavy (non-hydrogen) atoms. The second-order valence-corrected chi connectivity index (χ2v) is 4.86. The lowest BCUT2D eigenvalue weighted by Crippen LogP contribution is -2.18. The molecule has 2 rings (SSSR count). The van der Waals surface area contributed by atoms with E-state index >= 15 is 0 Å². The van der Waals surface area contributed by atoms with Crippen LogP contribution in [0.4, 0.5) is 0 Å².